The number of carboxylic acid groups (broad SMARTS) is 1. The predicted octanol–water partition coefficient (Wildman–Crippen LogP) is 1.49. The van der Waals surface area contributed by atoms with Gasteiger partial charge < -0.3 is 14.9 Å². The first-order valence-electron chi connectivity index (χ1n) is 8.92. The van der Waals surface area contributed by atoms with Crippen molar-refractivity contribution in [1.29, 1.82) is 0 Å². The fourth-order valence-electron chi connectivity index (χ4n) is 3.68. The lowest BCUT2D eigenvalue weighted by Crippen LogP contribution is -2.47. The molecule has 140 valence electrons. The highest BCUT2D eigenvalue weighted by atomic mass is 19.1. The first-order valence-corrected chi connectivity index (χ1v) is 8.92. The Balaban J connectivity index is 1.59. The van der Waals surface area contributed by atoms with Crippen LogP contribution in [0.2, 0.25) is 0 Å². The van der Waals surface area contributed by atoms with Crippen molar-refractivity contribution in [2.45, 2.75) is 31.4 Å². The molecule has 3 rings (SSSR count). The molecule has 7 heteroatoms. The van der Waals surface area contributed by atoms with E-state index in [9.17, 15) is 18.8 Å². The number of alkyl halides is 1. The maximum Gasteiger partial charge on any atom is 0.343 e. The molecule has 0 aliphatic carbocycles. The summed E-state index contributed by atoms with van der Waals surface area (Å²) in [6.07, 6.45) is 1.46. The van der Waals surface area contributed by atoms with E-state index in [2.05, 4.69) is 0 Å². The summed E-state index contributed by atoms with van der Waals surface area (Å²) < 4.78 is 14.2. The summed E-state index contributed by atoms with van der Waals surface area (Å²) in [6, 6.07) is 9.43. The average Bonchev–Trinajstić information content (AvgIpc) is 3.06. The number of likely N-dealkylation sites (tertiary alicyclic amines) is 2. The minimum absolute atomic E-state index is 0.0273. The quantitative estimate of drug-likeness (QED) is 0.880. The van der Waals surface area contributed by atoms with E-state index in [1.807, 2.05) is 30.3 Å². The highest BCUT2D eigenvalue weighted by Crippen LogP contribution is 2.29. The normalized spacial score (nSPS) is 26.0. The van der Waals surface area contributed by atoms with Crippen molar-refractivity contribution in [3.05, 3.63) is 35.9 Å². The molecule has 6 nitrogen and oxygen atoms in total. The van der Waals surface area contributed by atoms with Gasteiger partial charge in [-0.05, 0) is 18.4 Å². The van der Waals surface area contributed by atoms with E-state index < -0.39 is 18.2 Å². The zero-order valence-electron chi connectivity index (χ0n) is 14.6. The Hall–Kier alpha value is -2.44. The van der Waals surface area contributed by atoms with E-state index >= 15 is 0 Å². The molecule has 2 atom stereocenters. The van der Waals surface area contributed by atoms with E-state index in [-0.39, 0.29) is 37.1 Å². The Morgan fingerprint density at radius 3 is 2.54 bits per heavy atom. The van der Waals surface area contributed by atoms with Crippen LogP contribution in [0.15, 0.2) is 30.3 Å². The number of halogens is 1. The molecule has 0 saturated carbocycles. The molecule has 0 aromatic heterocycles. The van der Waals surface area contributed by atoms with E-state index in [0.29, 0.717) is 25.9 Å². The van der Waals surface area contributed by atoms with Gasteiger partial charge in [0.15, 0.2) is 0 Å². The molecule has 2 amide bonds. The maximum absolute atomic E-state index is 14.2. The fraction of sp³-hybridized carbons (Fsp3) is 0.526. The highest BCUT2D eigenvalue weighted by molar-refractivity contribution is 5.85. The maximum atomic E-state index is 14.2. The predicted molar refractivity (Wildman–Crippen MR) is 92.1 cm³/mol. The van der Waals surface area contributed by atoms with Crippen LogP contribution < -0.4 is 0 Å². The minimum Gasteiger partial charge on any atom is -0.479 e. The number of piperidine rings is 1. The summed E-state index contributed by atoms with van der Waals surface area (Å²) in [6.45, 7) is 0.622. The van der Waals surface area contributed by atoms with Crippen LogP contribution in [-0.4, -0.2) is 64.5 Å². The highest BCUT2D eigenvalue weighted by Gasteiger charge is 2.48. The molecule has 1 N–H and O–H groups in total. The number of carboxylic acids is 1. The number of carbonyl (C=O) groups excluding carboxylic acids is 2. The van der Waals surface area contributed by atoms with Crippen LogP contribution in [0.25, 0.3) is 0 Å². The standard InChI is InChI=1S/C19H23FN2O4/c20-19(18(25)26)8-10-22(13-19)17(24)15-7-4-9-21(12-15)16(23)11-14-5-2-1-3-6-14/h1-3,5-6,15H,4,7-13H2,(H,25,26). The Morgan fingerprint density at radius 1 is 1.15 bits per heavy atom. The second-order valence-corrected chi connectivity index (χ2v) is 7.12. The van der Waals surface area contributed by atoms with Crippen molar-refractivity contribution in [3.63, 3.8) is 0 Å². The molecule has 26 heavy (non-hydrogen) atoms. The molecule has 0 bridgehead atoms. The largest absolute Gasteiger partial charge is 0.479 e. The van der Waals surface area contributed by atoms with Crippen LogP contribution in [0.1, 0.15) is 24.8 Å². The molecule has 2 fully saturated rings. The molecule has 0 radical (unpaired) electrons. The van der Waals surface area contributed by atoms with Crippen LogP contribution in [-0.2, 0) is 20.8 Å². The Labute approximate surface area is 151 Å². The second kappa shape index (κ2) is 7.43. The molecule has 0 spiro atoms. The number of benzene rings is 1. The van der Waals surface area contributed by atoms with Gasteiger partial charge in [0.25, 0.3) is 0 Å². The first-order chi connectivity index (χ1) is 12.4. The van der Waals surface area contributed by atoms with Crippen molar-refractivity contribution in [2.24, 2.45) is 5.92 Å². The lowest BCUT2D eigenvalue weighted by atomic mass is 9.96. The topological polar surface area (TPSA) is 77.9 Å². The van der Waals surface area contributed by atoms with Crippen LogP contribution in [0.5, 0.6) is 0 Å². The number of rotatable bonds is 4. The monoisotopic (exact) mass is 362 g/mol. The van der Waals surface area contributed by atoms with Crippen molar-refractivity contribution in [3.8, 4) is 0 Å². The zero-order valence-corrected chi connectivity index (χ0v) is 14.6. The molecule has 2 heterocycles. The summed E-state index contributed by atoms with van der Waals surface area (Å²) in [5.74, 6) is -2.18. The summed E-state index contributed by atoms with van der Waals surface area (Å²) in [4.78, 5) is 39.2. The van der Waals surface area contributed by atoms with Crippen LogP contribution >= 0.6 is 0 Å². The molecule has 2 unspecified atom stereocenters. The third kappa shape index (κ3) is 3.86. The van der Waals surface area contributed by atoms with Crippen LogP contribution in [0, 0.1) is 5.92 Å². The van der Waals surface area contributed by atoms with Gasteiger partial charge in [-0.1, -0.05) is 30.3 Å². The average molecular weight is 362 g/mol. The number of amides is 2. The summed E-state index contributed by atoms with van der Waals surface area (Å²) in [5.41, 5.74) is -1.43. The lowest BCUT2D eigenvalue weighted by Gasteiger charge is -2.34. The number of nitrogens with zero attached hydrogens (tertiary/aromatic N) is 2. The molecule has 2 aliphatic rings. The summed E-state index contributed by atoms with van der Waals surface area (Å²) in [5, 5.41) is 8.97. The van der Waals surface area contributed by atoms with Gasteiger partial charge in [0.2, 0.25) is 17.5 Å². The molecule has 1 aromatic carbocycles. The number of hydrogen-bond donors (Lipinski definition) is 1. The van der Waals surface area contributed by atoms with Crippen molar-refractivity contribution < 1.29 is 23.9 Å². The van der Waals surface area contributed by atoms with Crippen molar-refractivity contribution >= 4 is 17.8 Å². The van der Waals surface area contributed by atoms with Gasteiger partial charge in [-0.25, -0.2) is 9.18 Å². The SMILES string of the molecule is O=C(Cc1ccccc1)N1CCCC(C(=O)N2CCC(F)(C(=O)O)C2)C1. The van der Waals surface area contributed by atoms with Gasteiger partial charge in [-0.2, -0.15) is 0 Å². The Kier molecular flexibility index (Phi) is 5.25. The van der Waals surface area contributed by atoms with Gasteiger partial charge in [-0.15, -0.1) is 0 Å². The molecular formula is C19H23FN2O4. The minimum atomic E-state index is -2.35. The molecule has 2 aliphatic heterocycles. The smallest absolute Gasteiger partial charge is 0.343 e. The third-order valence-corrected chi connectivity index (χ3v) is 5.24. The van der Waals surface area contributed by atoms with Crippen LogP contribution in [0.4, 0.5) is 4.39 Å². The van der Waals surface area contributed by atoms with E-state index in [0.717, 1.165) is 5.56 Å². The molecule has 2 saturated heterocycles. The summed E-state index contributed by atoms with van der Waals surface area (Å²) in [7, 11) is 0. The number of aliphatic carboxylic acids is 1. The van der Waals surface area contributed by atoms with Crippen molar-refractivity contribution in [1.82, 2.24) is 9.80 Å². The van der Waals surface area contributed by atoms with E-state index in [4.69, 9.17) is 5.11 Å². The van der Waals surface area contributed by atoms with Gasteiger partial charge in [-0.3, -0.25) is 9.59 Å². The Morgan fingerprint density at radius 2 is 1.88 bits per heavy atom. The lowest BCUT2D eigenvalue weighted by molar-refractivity contribution is -0.150. The van der Waals surface area contributed by atoms with E-state index in [1.165, 1.54) is 4.90 Å². The van der Waals surface area contributed by atoms with Crippen LogP contribution in [0.3, 0.4) is 0 Å². The fourth-order valence-corrected chi connectivity index (χ4v) is 3.68. The third-order valence-electron chi connectivity index (χ3n) is 5.24. The van der Waals surface area contributed by atoms with E-state index in [1.54, 1.807) is 4.90 Å². The number of carbonyl (C=O) groups is 3. The van der Waals surface area contributed by atoms with Gasteiger partial charge in [0, 0.05) is 26.1 Å². The molecular weight excluding hydrogens is 339 g/mol. The van der Waals surface area contributed by atoms with Gasteiger partial charge >= 0.3 is 5.97 Å². The zero-order chi connectivity index (χ0) is 18.7. The van der Waals surface area contributed by atoms with Crippen molar-refractivity contribution in [2.75, 3.05) is 26.2 Å². The first kappa shape index (κ1) is 18.4. The number of hydrogen-bond acceptors (Lipinski definition) is 3. The van der Waals surface area contributed by atoms with Gasteiger partial charge in [0.1, 0.15) is 0 Å². The second-order valence-electron chi connectivity index (χ2n) is 7.12. The Bertz CT molecular complexity index is 696. The summed E-state index contributed by atoms with van der Waals surface area (Å²) >= 11 is 0. The molecule has 1 aromatic rings. The van der Waals surface area contributed by atoms with Gasteiger partial charge in [0.05, 0.1) is 18.9 Å².